The average Bonchev–Trinajstić information content (AvgIpc) is 3.21. The summed E-state index contributed by atoms with van der Waals surface area (Å²) in [6.07, 6.45) is 1.30. The molecule has 1 aliphatic carbocycles. The van der Waals surface area contributed by atoms with Crippen LogP contribution in [0.3, 0.4) is 0 Å². The second-order valence-electron chi connectivity index (χ2n) is 10.1. The van der Waals surface area contributed by atoms with Crippen molar-refractivity contribution < 1.29 is 22.9 Å². The highest BCUT2D eigenvalue weighted by Gasteiger charge is 2.49. The Balaban J connectivity index is 1.19. The summed E-state index contributed by atoms with van der Waals surface area (Å²) in [5.41, 5.74) is 1.37. The highest BCUT2D eigenvalue weighted by atomic mass is 35.5. The van der Waals surface area contributed by atoms with E-state index >= 15 is 0 Å². The lowest BCUT2D eigenvalue weighted by Gasteiger charge is -2.25. The van der Waals surface area contributed by atoms with Crippen molar-refractivity contribution in [3.05, 3.63) is 63.3 Å². The number of hydrogen-bond donors (Lipinski definition) is 1. The maximum Gasteiger partial charge on any atom is 0.402 e. The third-order valence-electron chi connectivity index (χ3n) is 7.38. The maximum absolute atomic E-state index is 13.3. The number of benzene rings is 1. The van der Waals surface area contributed by atoms with Crippen LogP contribution in [0.15, 0.2) is 48.2 Å². The topological polar surface area (TPSA) is 82.0 Å². The van der Waals surface area contributed by atoms with Gasteiger partial charge in [-0.15, -0.1) is 0 Å². The van der Waals surface area contributed by atoms with Gasteiger partial charge in [0.2, 0.25) is 11.9 Å². The molecule has 2 unspecified atom stereocenters. The third-order valence-corrected chi connectivity index (χ3v) is 7.63. The summed E-state index contributed by atoms with van der Waals surface area (Å²) in [7, 11) is 0. The first kappa shape index (κ1) is 28.2. The van der Waals surface area contributed by atoms with Gasteiger partial charge in [-0.1, -0.05) is 11.6 Å². The molecule has 3 aliphatic rings. The van der Waals surface area contributed by atoms with Gasteiger partial charge in [0, 0.05) is 66.5 Å². The third kappa shape index (κ3) is 7.41. The van der Waals surface area contributed by atoms with E-state index < -0.39 is 23.1 Å². The summed E-state index contributed by atoms with van der Waals surface area (Å²) in [6, 6.07) is 5.85. The number of nitro groups is 1. The van der Waals surface area contributed by atoms with Crippen LogP contribution in [0.2, 0.25) is 5.02 Å². The molecule has 1 aromatic rings. The lowest BCUT2D eigenvalue weighted by Crippen LogP contribution is -2.40. The predicted molar refractivity (Wildman–Crippen MR) is 140 cm³/mol. The van der Waals surface area contributed by atoms with Gasteiger partial charge < -0.3 is 20.0 Å². The number of likely N-dealkylation sites (tertiary alicyclic amines) is 1. The minimum atomic E-state index is -4.71. The Morgan fingerprint density at radius 1 is 1.13 bits per heavy atom. The zero-order valence-corrected chi connectivity index (χ0v) is 21.8. The lowest BCUT2D eigenvalue weighted by atomic mass is 9.93. The molecule has 0 bridgehead atoms. The summed E-state index contributed by atoms with van der Waals surface area (Å²) in [5, 5.41) is 14.8. The van der Waals surface area contributed by atoms with Crippen molar-refractivity contribution in [3.63, 3.8) is 0 Å². The number of allylic oxidation sites excluding steroid dienone is 1. The normalized spacial score (nSPS) is 24.7. The molecule has 0 saturated carbocycles. The molecule has 0 spiro atoms. The van der Waals surface area contributed by atoms with Gasteiger partial charge in [0.15, 0.2) is 0 Å². The van der Waals surface area contributed by atoms with Gasteiger partial charge in [0.25, 0.3) is 0 Å². The monoisotopic (exact) mass is 555 g/mol. The molecule has 2 heterocycles. The molecule has 2 saturated heterocycles. The van der Waals surface area contributed by atoms with E-state index in [0.717, 1.165) is 68.4 Å². The zero-order valence-electron chi connectivity index (χ0n) is 21.1. The molecule has 38 heavy (non-hydrogen) atoms. The van der Waals surface area contributed by atoms with Crippen LogP contribution >= 0.6 is 11.6 Å². The molecule has 0 radical (unpaired) electrons. The van der Waals surface area contributed by atoms with Crippen molar-refractivity contribution in [2.24, 2.45) is 5.92 Å². The van der Waals surface area contributed by atoms with E-state index in [1.54, 1.807) is 4.90 Å². The molecule has 3 atom stereocenters. The molecular weight excluding hydrogens is 523 g/mol. The fourth-order valence-electron chi connectivity index (χ4n) is 5.31. The second kappa shape index (κ2) is 12.4. The number of rotatable bonds is 8. The molecule has 0 aromatic heterocycles. The van der Waals surface area contributed by atoms with Crippen LogP contribution in [0.25, 0.3) is 0 Å². The van der Waals surface area contributed by atoms with Gasteiger partial charge in [-0.05, 0) is 74.8 Å². The van der Waals surface area contributed by atoms with Crippen LogP contribution in [-0.2, 0) is 4.79 Å². The molecule has 12 heteroatoms. The van der Waals surface area contributed by atoms with Crippen molar-refractivity contribution in [1.29, 1.82) is 0 Å². The van der Waals surface area contributed by atoms with E-state index in [1.165, 1.54) is 6.08 Å². The smallest absolute Gasteiger partial charge is 0.381 e. The summed E-state index contributed by atoms with van der Waals surface area (Å²) in [5.74, 6) is -2.14. The Bertz CT molecular complexity index is 1050. The molecule has 2 fully saturated rings. The van der Waals surface area contributed by atoms with Crippen LogP contribution in [0.1, 0.15) is 25.7 Å². The van der Waals surface area contributed by atoms with Crippen molar-refractivity contribution in [2.45, 2.75) is 43.9 Å². The zero-order chi connectivity index (χ0) is 27.3. The summed E-state index contributed by atoms with van der Waals surface area (Å²) < 4.78 is 40.0. The predicted octanol–water partition coefficient (Wildman–Crippen LogP) is 4.10. The van der Waals surface area contributed by atoms with Gasteiger partial charge in [-0.25, -0.2) is 0 Å². The highest BCUT2D eigenvalue weighted by Crippen LogP contribution is 2.34. The van der Waals surface area contributed by atoms with Gasteiger partial charge in [0.1, 0.15) is 5.92 Å². The first-order valence-corrected chi connectivity index (χ1v) is 13.4. The van der Waals surface area contributed by atoms with E-state index in [4.69, 9.17) is 11.6 Å². The van der Waals surface area contributed by atoms with Gasteiger partial charge in [0.05, 0.1) is 0 Å². The number of nitrogens with one attached hydrogen (secondary N) is 1. The van der Waals surface area contributed by atoms with E-state index in [0.29, 0.717) is 25.9 Å². The molecule has 1 aromatic carbocycles. The summed E-state index contributed by atoms with van der Waals surface area (Å²) in [6.45, 7) is 5.56. The molecule has 1 N–H and O–H groups in total. The summed E-state index contributed by atoms with van der Waals surface area (Å²) >= 11 is 6.00. The number of carbonyl (C=O) groups excluding carboxylic acids is 1. The van der Waals surface area contributed by atoms with Crippen molar-refractivity contribution in [3.8, 4) is 0 Å². The van der Waals surface area contributed by atoms with Gasteiger partial charge >= 0.3 is 6.18 Å². The molecule has 1 amide bonds. The Labute approximate surface area is 225 Å². The maximum atomic E-state index is 13.3. The number of halogens is 4. The standard InChI is InChI=1S/C26H33ClF3N5O3/c27-19-4-7-22(8-5-19)33-13-2-12-32(15-16-33)11-1-3-25(36)34-14-10-21(18-34)31-20-6-9-24(35(37)38)23(17-20)26(28,29)30/h4-9,17,21,23-24,31H,1-3,10-16,18H2/t21-,23?,24?/m1/s1. The molecule has 2 aliphatic heterocycles. The number of amides is 1. The largest absolute Gasteiger partial charge is 0.402 e. The highest BCUT2D eigenvalue weighted by molar-refractivity contribution is 6.30. The van der Waals surface area contributed by atoms with E-state index in [9.17, 15) is 28.1 Å². The van der Waals surface area contributed by atoms with E-state index in [-0.39, 0.29) is 17.6 Å². The van der Waals surface area contributed by atoms with Crippen LogP contribution in [0, 0.1) is 16.0 Å². The molecular formula is C26H33ClF3N5O3. The minimum Gasteiger partial charge on any atom is -0.381 e. The number of carbonyl (C=O) groups is 1. The molecule has 208 valence electrons. The SMILES string of the molecule is O=C(CCCN1CCCN(c2ccc(Cl)cc2)CC1)N1CC[C@@H](NC2=CC(C(F)(F)F)C([N+](=O)[O-])C=C2)C1. The summed E-state index contributed by atoms with van der Waals surface area (Å²) in [4.78, 5) is 29.4. The quantitative estimate of drug-likeness (QED) is 0.384. The average molecular weight is 556 g/mol. The minimum absolute atomic E-state index is 0.0432. The van der Waals surface area contributed by atoms with E-state index in [2.05, 4.69) is 15.1 Å². The van der Waals surface area contributed by atoms with Crippen LogP contribution < -0.4 is 10.2 Å². The molecule has 8 nitrogen and oxygen atoms in total. The fraction of sp³-hybridized carbons (Fsp3) is 0.577. The van der Waals surface area contributed by atoms with Crippen LogP contribution in [0.5, 0.6) is 0 Å². The number of nitrogens with zero attached hydrogens (tertiary/aromatic N) is 4. The van der Waals surface area contributed by atoms with Gasteiger partial charge in [-0.2, -0.15) is 13.2 Å². The van der Waals surface area contributed by atoms with Crippen molar-refractivity contribution in [2.75, 3.05) is 50.7 Å². The second-order valence-corrected chi connectivity index (χ2v) is 10.5. The number of anilines is 1. The van der Waals surface area contributed by atoms with Gasteiger partial charge in [-0.3, -0.25) is 14.9 Å². The van der Waals surface area contributed by atoms with Crippen LogP contribution in [-0.4, -0.2) is 84.7 Å². The number of alkyl halides is 3. The van der Waals surface area contributed by atoms with E-state index in [1.807, 2.05) is 24.3 Å². The van der Waals surface area contributed by atoms with Crippen molar-refractivity contribution in [1.82, 2.24) is 15.1 Å². The fourth-order valence-corrected chi connectivity index (χ4v) is 5.44. The Kier molecular flexibility index (Phi) is 9.19. The Morgan fingerprint density at radius 2 is 1.89 bits per heavy atom. The first-order valence-electron chi connectivity index (χ1n) is 13.0. The Hall–Kier alpha value is -2.79. The number of hydrogen-bond acceptors (Lipinski definition) is 6. The lowest BCUT2D eigenvalue weighted by molar-refractivity contribution is -0.525. The first-order chi connectivity index (χ1) is 18.1. The molecule has 4 rings (SSSR count). The Morgan fingerprint density at radius 3 is 2.61 bits per heavy atom. The van der Waals surface area contributed by atoms with Crippen molar-refractivity contribution >= 4 is 23.2 Å². The van der Waals surface area contributed by atoms with Crippen LogP contribution in [0.4, 0.5) is 18.9 Å².